The van der Waals surface area contributed by atoms with Crippen LogP contribution in [-0.4, -0.2) is 83.6 Å². The monoisotopic (exact) mass is 648 g/mol. The number of esters is 6. The Kier molecular flexibility index (Phi) is 9.78. The molecule has 0 aromatic rings. The molecule has 2 saturated heterocycles. The fourth-order valence-corrected chi connectivity index (χ4v) is 7.91. The molecule has 0 unspecified atom stereocenters. The lowest BCUT2D eigenvalue weighted by Crippen LogP contribution is -2.68. The van der Waals surface area contributed by atoms with E-state index in [2.05, 4.69) is 6.58 Å². The van der Waals surface area contributed by atoms with Gasteiger partial charge in [0.15, 0.2) is 17.3 Å². The highest BCUT2D eigenvalue weighted by Gasteiger charge is 2.87. The number of ether oxygens (including phenoxy) is 7. The normalized spacial score (nSPS) is 40.6. The van der Waals surface area contributed by atoms with Gasteiger partial charge in [0.25, 0.3) is 0 Å². The molecule has 2 aliphatic heterocycles. The average Bonchev–Trinajstić information content (AvgIpc) is 3.52. The largest absolute Gasteiger partial charge is 0.462 e. The number of carbonyl (C=O) groups excluding carboxylic acids is 6. The minimum atomic E-state index is -1.54. The first-order valence-corrected chi connectivity index (χ1v) is 15.5. The Morgan fingerprint density at radius 2 is 1.50 bits per heavy atom. The van der Waals surface area contributed by atoms with Crippen LogP contribution in [0.15, 0.2) is 24.3 Å². The van der Waals surface area contributed by atoms with E-state index in [9.17, 15) is 28.8 Å². The zero-order valence-electron chi connectivity index (χ0n) is 27.6. The summed E-state index contributed by atoms with van der Waals surface area (Å²) < 4.78 is 41.9. The summed E-state index contributed by atoms with van der Waals surface area (Å²) in [6, 6.07) is 0. The van der Waals surface area contributed by atoms with Gasteiger partial charge < -0.3 is 33.2 Å². The summed E-state index contributed by atoms with van der Waals surface area (Å²) in [5.41, 5.74) is -3.95. The van der Waals surface area contributed by atoms with E-state index < -0.39 is 101 Å². The van der Waals surface area contributed by atoms with Gasteiger partial charge >= 0.3 is 35.8 Å². The van der Waals surface area contributed by atoms with Crippen molar-refractivity contribution in [2.75, 3.05) is 0 Å². The lowest BCUT2D eigenvalue weighted by molar-refractivity contribution is -0.247. The molecule has 0 bridgehead atoms. The molecule has 4 rings (SSSR count). The minimum Gasteiger partial charge on any atom is -0.462 e. The fourth-order valence-electron chi connectivity index (χ4n) is 7.91. The number of carbonyl (C=O) groups is 6. The van der Waals surface area contributed by atoms with Gasteiger partial charge in [-0.25, -0.2) is 4.79 Å². The Hall–Kier alpha value is -3.74. The Balaban J connectivity index is 2.05. The van der Waals surface area contributed by atoms with Gasteiger partial charge in [-0.3, -0.25) is 24.0 Å². The SMILES string of the molecule is C=CCCC(=O)O[C@H]1C[C@H](OC(C)=O)[C@@]2(C)[C@H]([C@H]1C)[C@H](OC(C)=O)[C@]13O[C@@]1(C)C(=O)O[C@H]3/C=C(\C)C[C@H](OC(C)=O)[C@@H]2OC(C)=O. The van der Waals surface area contributed by atoms with Gasteiger partial charge in [-0.05, 0) is 26.3 Å². The zero-order chi connectivity index (χ0) is 34.4. The van der Waals surface area contributed by atoms with Crippen molar-refractivity contribution in [3.8, 4) is 0 Å². The molecule has 11 atom stereocenters. The van der Waals surface area contributed by atoms with Crippen molar-refractivity contribution in [2.45, 2.75) is 129 Å². The second-order valence-corrected chi connectivity index (χ2v) is 13.1. The highest BCUT2D eigenvalue weighted by molar-refractivity contribution is 5.89. The molecule has 254 valence electrons. The summed E-state index contributed by atoms with van der Waals surface area (Å²) in [4.78, 5) is 77.1. The Morgan fingerprint density at radius 1 is 0.913 bits per heavy atom. The van der Waals surface area contributed by atoms with Crippen LogP contribution in [-0.2, 0) is 61.9 Å². The van der Waals surface area contributed by atoms with E-state index in [4.69, 9.17) is 33.2 Å². The van der Waals surface area contributed by atoms with Crippen LogP contribution in [0.2, 0.25) is 0 Å². The van der Waals surface area contributed by atoms with Gasteiger partial charge in [-0.1, -0.05) is 25.5 Å². The van der Waals surface area contributed by atoms with E-state index >= 15 is 0 Å². The molecule has 3 fully saturated rings. The molecule has 0 N–H and O–H groups in total. The summed E-state index contributed by atoms with van der Waals surface area (Å²) in [5.74, 6) is -5.64. The van der Waals surface area contributed by atoms with Crippen LogP contribution in [0, 0.1) is 17.3 Å². The third-order valence-electron chi connectivity index (χ3n) is 9.84. The van der Waals surface area contributed by atoms with E-state index in [0.29, 0.717) is 12.0 Å². The number of hydrogen-bond acceptors (Lipinski definition) is 13. The summed E-state index contributed by atoms with van der Waals surface area (Å²) in [6.45, 7) is 15.2. The molecule has 0 aromatic carbocycles. The highest BCUT2D eigenvalue weighted by Crippen LogP contribution is 2.66. The molecule has 2 aliphatic carbocycles. The van der Waals surface area contributed by atoms with Crippen molar-refractivity contribution in [1.29, 1.82) is 0 Å². The fraction of sp³-hybridized carbons (Fsp3) is 0.697. The first kappa shape index (κ1) is 35.1. The summed E-state index contributed by atoms with van der Waals surface area (Å²) in [6.07, 6.45) is -3.07. The lowest BCUT2D eigenvalue weighted by atomic mass is 9.52. The van der Waals surface area contributed by atoms with Gasteiger partial charge in [-0.15, -0.1) is 6.58 Å². The van der Waals surface area contributed by atoms with E-state index in [0.717, 1.165) is 0 Å². The summed E-state index contributed by atoms with van der Waals surface area (Å²) >= 11 is 0. The molecule has 1 saturated carbocycles. The van der Waals surface area contributed by atoms with Crippen LogP contribution >= 0.6 is 0 Å². The predicted molar refractivity (Wildman–Crippen MR) is 157 cm³/mol. The van der Waals surface area contributed by atoms with Gasteiger partial charge in [-0.2, -0.15) is 0 Å². The van der Waals surface area contributed by atoms with Crippen molar-refractivity contribution >= 4 is 35.8 Å². The van der Waals surface area contributed by atoms with Gasteiger partial charge in [0.05, 0.1) is 5.41 Å². The standard InChI is InChI=1S/C33H44O13/c1-10-11-12-26(38)44-22-15-24(41-19(5)35)31(8)27(17(22)3)29(43-21(7)37)33-25(45-30(39)32(33,9)46-33)14-16(2)13-23(40-18(4)34)28(31)42-20(6)36/h10,14,17,22-25,27-29H,1,11-13,15H2,2-9H3/b16-14+/t17-,22-,23-,24-,25-,27+,28-,29-,31-,32-,33-/m0/s1. The number of allylic oxidation sites excluding steroid dienone is 1. The maximum atomic E-state index is 13.3. The Labute approximate surface area is 268 Å². The molecule has 1 spiro atoms. The topological polar surface area (TPSA) is 170 Å². The van der Waals surface area contributed by atoms with E-state index in [1.807, 2.05) is 0 Å². The van der Waals surface area contributed by atoms with E-state index in [-0.39, 0.29) is 19.3 Å². The molecular weight excluding hydrogens is 604 g/mol. The van der Waals surface area contributed by atoms with Crippen molar-refractivity contribution in [2.24, 2.45) is 17.3 Å². The van der Waals surface area contributed by atoms with Gasteiger partial charge in [0.2, 0.25) is 0 Å². The summed E-state index contributed by atoms with van der Waals surface area (Å²) in [7, 11) is 0. The van der Waals surface area contributed by atoms with Crippen LogP contribution in [0.3, 0.4) is 0 Å². The second-order valence-electron chi connectivity index (χ2n) is 13.1. The number of rotatable bonds is 8. The third kappa shape index (κ3) is 6.05. The van der Waals surface area contributed by atoms with Crippen molar-refractivity contribution < 1.29 is 61.9 Å². The molecule has 4 aliphatic rings. The van der Waals surface area contributed by atoms with Gasteiger partial charge in [0, 0.05) is 58.8 Å². The average molecular weight is 649 g/mol. The highest BCUT2D eigenvalue weighted by atomic mass is 16.7. The molecule has 46 heavy (non-hydrogen) atoms. The number of hydrogen-bond donors (Lipinski definition) is 0. The smallest absolute Gasteiger partial charge is 0.342 e. The molecular formula is C33H44O13. The van der Waals surface area contributed by atoms with Crippen molar-refractivity contribution in [3.63, 3.8) is 0 Å². The first-order chi connectivity index (χ1) is 21.4. The Bertz CT molecular complexity index is 1340. The molecule has 0 amide bonds. The zero-order valence-corrected chi connectivity index (χ0v) is 27.6. The van der Waals surface area contributed by atoms with Crippen molar-refractivity contribution in [3.05, 3.63) is 24.3 Å². The van der Waals surface area contributed by atoms with Crippen LogP contribution in [0.5, 0.6) is 0 Å². The maximum Gasteiger partial charge on any atom is 0.342 e. The number of epoxide rings is 1. The molecule has 13 nitrogen and oxygen atoms in total. The second kappa shape index (κ2) is 12.8. The Morgan fingerprint density at radius 3 is 2.04 bits per heavy atom. The van der Waals surface area contributed by atoms with Crippen LogP contribution < -0.4 is 0 Å². The van der Waals surface area contributed by atoms with E-state index in [1.165, 1.54) is 27.7 Å². The van der Waals surface area contributed by atoms with Crippen LogP contribution in [0.4, 0.5) is 0 Å². The minimum absolute atomic E-state index is 0.0241. The third-order valence-corrected chi connectivity index (χ3v) is 9.84. The summed E-state index contributed by atoms with van der Waals surface area (Å²) in [5, 5.41) is 0. The molecule has 0 radical (unpaired) electrons. The molecule has 0 aromatic heterocycles. The molecule has 13 heteroatoms. The number of fused-ring (bicyclic) bond motifs is 1. The van der Waals surface area contributed by atoms with E-state index in [1.54, 1.807) is 39.8 Å². The molecule has 2 heterocycles. The maximum absolute atomic E-state index is 13.3. The predicted octanol–water partition coefficient (Wildman–Crippen LogP) is 3.06. The van der Waals surface area contributed by atoms with Gasteiger partial charge in [0.1, 0.15) is 30.5 Å². The van der Waals surface area contributed by atoms with Crippen LogP contribution in [0.25, 0.3) is 0 Å². The quantitative estimate of drug-likeness (QED) is 0.163. The van der Waals surface area contributed by atoms with Crippen molar-refractivity contribution in [1.82, 2.24) is 0 Å². The van der Waals surface area contributed by atoms with Crippen LogP contribution in [0.1, 0.15) is 81.1 Å². The lowest BCUT2D eigenvalue weighted by Gasteiger charge is -2.57. The first-order valence-electron chi connectivity index (χ1n) is 15.5.